The Balaban J connectivity index is 1.80. The van der Waals surface area contributed by atoms with E-state index in [-0.39, 0.29) is 17.7 Å². The van der Waals surface area contributed by atoms with Crippen molar-refractivity contribution in [1.82, 2.24) is 4.98 Å². The smallest absolute Gasteiger partial charge is 0.168 e. The van der Waals surface area contributed by atoms with E-state index in [2.05, 4.69) is 27.8 Å². The quantitative estimate of drug-likeness (QED) is 0.904. The first-order valence-electron chi connectivity index (χ1n) is 6.54. The van der Waals surface area contributed by atoms with Crippen LogP contribution in [0.1, 0.15) is 11.1 Å². The largest absolute Gasteiger partial charge is 0.371 e. The second kappa shape index (κ2) is 5.07. The Morgan fingerprint density at radius 2 is 1.65 bits per heavy atom. The number of anilines is 2. The lowest BCUT2D eigenvalue weighted by atomic mass is 10.1. The number of benzene rings is 1. The molecule has 1 aromatic carbocycles. The minimum atomic E-state index is -0.690. The number of nitrogens with zero attached hydrogens (tertiary/aromatic N) is 1. The van der Waals surface area contributed by atoms with Crippen molar-refractivity contribution in [2.75, 3.05) is 17.7 Å². The number of hydrogen-bond acceptors (Lipinski definition) is 3. The molecule has 0 aliphatic heterocycles. The first-order chi connectivity index (χ1) is 9.67. The van der Waals surface area contributed by atoms with Gasteiger partial charge in [-0.05, 0) is 24.0 Å². The van der Waals surface area contributed by atoms with Gasteiger partial charge in [0.1, 0.15) is 0 Å². The van der Waals surface area contributed by atoms with Gasteiger partial charge in [0, 0.05) is 19.2 Å². The van der Waals surface area contributed by atoms with Gasteiger partial charge >= 0.3 is 0 Å². The highest BCUT2D eigenvalue weighted by Crippen LogP contribution is 2.26. The molecule has 0 amide bonds. The molecule has 1 aromatic heterocycles. The summed E-state index contributed by atoms with van der Waals surface area (Å²) in [7, 11) is 1.55. The van der Waals surface area contributed by atoms with Crippen LogP contribution in [0, 0.1) is 11.6 Å². The fourth-order valence-electron chi connectivity index (χ4n) is 2.60. The minimum Gasteiger partial charge on any atom is -0.371 e. The third-order valence-electron chi connectivity index (χ3n) is 3.56. The number of aromatic nitrogens is 1. The van der Waals surface area contributed by atoms with E-state index in [9.17, 15) is 8.78 Å². The van der Waals surface area contributed by atoms with E-state index in [1.165, 1.54) is 11.1 Å². The lowest BCUT2D eigenvalue weighted by molar-refractivity contribution is 0.576. The van der Waals surface area contributed by atoms with Gasteiger partial charge in [-0.3, -0.25) is 0 Å². The van der Waals surface area contributed by atoms with Crippen LogP contribution in [0.2, 0.25) is 0 Å². The van der Waals surface area contributed by atoms with Crippen LogP contribution in [0.3, 0.4) is 0 Å². The molecule has 0 saturated carbocycles. The molecule has 0 spiro atoms. The molecule has 1 aliphatic carbocycles. The number of halogens is 2. The van der Waals surface area contributed by atoms with E-state index in [0.29, 0.717) is 0 Å². The molecule has 0 radical (unpaired) electrons. The van der Waals surface area contributed by atoms with Crippen molar-refractivity contribution in [3.05, 3.63) is 53.1 Å². The zero-order chi connectivity index (χ0) is 14.1. The van der Waals surface area contributed by atoms with Crippen LogP contribution in [0.15, 0.2) is 30.3 Å². The Kier molecular flexibility index (Phi) is 3.26. The van der Waals surface area contributed by atoms with E-state index >= 15 is 0 Å². The predicted octanol–water partition coefficient (Wildman–Crippen LogP) is 2.98. The SMILES string of the molecule is CNc1nc(NC2Cc3ccccc3C2)c(F)cc1F. The van der Waals surface area contributed by atoms with E-state index in [0.717, 1.165) is 18.9 Å². The maximum Gasteiger partial charge on any atom is 0.168 e. The summed E-state index contributed by atoms with van der Waals surface area (Å²) in [5.74, 6) is -1.22. The van der Waals surface area contributed by atoms with Crippen molar-refractivity contribution in [2.45, 2.75) is 18.9 Å². The molecule has 104 valence electrons. The van der Waals surface area contributed by atoms with Gasteiger partial charge in [0.25, 0.3) is 0 Å². The van der Waals surface area contributed by atoms with Gasteiger partial charge in [-0.1, -0.05) is 24.3 Å². The van der Waals surface area contributed by atoms with Gasteiger partial charge in [0.15, 0.2) is 23.3 Å². The lowest BCUT2D eigenvalue weighted by Gasteiger charge is -2.14. The first kappa shape index (κ1) is 12.8. The maximum atomic E-state index is 13.8. The molecule has 0 bridgehead atoms. The number of fused-ring (bicyclic) bond motifs is 1. The van der Waals surface area contributed by atoms with Crippen molar-refractivity contribution in [1.29, 1.82) is 0 Å². The summed E-state index contributed by atoms with van der Waals surface area (Å²) in [6.45, 7) is 0. The molecule has 20 heavy (non-hydrogen) atoms. The molecule has 1 heterocycles. The Labute approximate surface area is 116 Å². The predicted molar refractivity (Wildman–Crippen MR) is 75.0 cm³/mol. The molecule has 2 N–H and O–H groups in total. The maximum absolute atomic E-state index is 13.8. The zero-order valence-electron chi connectivity index (χ0n) is 11.1. The van der Waals surface area contributed by atoms with Gasteiger partial charge in [-0.15, -0.1) is 0 Å². The number of rotatable bonds is 3. The summed E-state index contributed by atoms with van der Waals surface area (Å²) in [5, 5.41) is 5.68. The van der Waals surface area contributed by atoms with Gasteiger partial charge < -0.3 is 10.6 Å². The summed E-state index contributed by atoms with van der Waals surface area (Å²) in [6, 6.07) is 9.08. The fraction of sp³-hybridized carbons (Fsp3) is 0.267. The van der Waals surface area contributed by atoms with Gasteiger partial charge in [0.05, 0.1) is 0 Å². The standard InChI is InChI=1S/C15H15F2N3/c1-18-14-12(16)8-13(17)15(20-14)19-11-6-9-4-2-3-5-10(9)7-11/h2-5,8,11H,6-7H2,1H3,(H2,18,19,20). The Morgan fingerprint density at radius 3 is 2.25 bits per heavy atom. The highest BCUT2D eigenvalue weighted by molar-refractivity contribution is 5.49. The fourth-order valence-corrected chi connectivity index (χ4v) is 2.60. The molecular formula is C15H15F2N3. The van der Waals surface area contributed by atoms with Crippen molar-refractivity contribution in [3.63, 3.8) is 0 Å². The average Bonchev–Trinajstić information content (AvgIpc) is 2.84. The van der Waals surface area contributed by atoms with E-state index in [1.54, 1.807) is 7.05 Å². The second-order valence-electron chi connectivity index (χ2n) is 4.92. The third kappa shape index (κ3) is 2.31. The number of pyridine rings is 1. The molecular weight excluding hydrogens is 260 g/mol. The van der Waals surface area contributed by atoms with Gasteiger partial charge in [0.2, 0.25) is 0 Å². The molecule has 0 saturated heterocycles. The van der Waals surface area contributed by atoms with E-state index in [4.69, 9.17) is 0 Å². The Hall–Kier alpha value is -2.17. The molecule has 3 rings (SSSR count). The van der Waals surface area contributed by atoms with E-state index < -0.39 is 11.6 Å². The molecule has 1 aliphatic rings. The van der Waals surface area contributed by atoms with Crippen LogP contribution >= 0.6 is 0 Å². The summed E-state index contributed by atoms with van der Waals surface area (Å²) in [5.41, 5.74) is 2.53. The summed E-state index contributed by atoms with van der Waals surface area (Å²) < 4.78 is 27.1. The second-order valence-corrected chi connectivity index (χ2v) is 4.92. The summed E-state index contributed by atoms with van der Waals surface area (Å²) >= 11 is 0. The molecule has 2 aromatic rings. The zero-order valence-corrected chi connectivity index (χ0v) is 11.1. The normalized spacial score (nSPS) is 14.2. The Morgan fingerprint density at radius 1 is 1.05 bits per heavy atom. The van der Waals surface area contributed by atoms with Crippen molar-refractivity contribution in [2.24, 2.45) is 0 Å². The van der Waals surface area contributed by atoms with Crippen LogP contribution in [0.25, 0.3) is 0 Å². The highest BCUT2D eigenvalue weighted by Gasteiger charge is 2.22. The number of hydrogen-bond donors (Lipinski definition) is 2. The third-order valence-corrected chi connectivity index (χ3v) is 3.56. The lowest BCUT2D eigenvalue weighted by Crippen LogP contribution is -2.21. The van der Waals surface area contributed by atoms with Gasteiger partial charge in [-0.2, -0.15) is 0 Å². The van der Waals surface area contributed by atoms with Crippen LogP contribution in [0.4, 0.5) is 20.4 Å². The average molecular weight is 275 g/mol. The van der Waals surface area contributed by atoms with Crippen molar-refractivity contribution < 1.29 is 8.78 Å². The molecule has 0 fully saturated rings. The van der Waals surface area contributed by atoms with Gasteiger partial charge in [-0.25, -0.2) is 13.8 Å². The highest BCUT2D eigenvalue weighted by atomic mass is 19.1. The van der Waals surface area contributed by atoms with Crippen LogP contribution in [-0.2, 0) is 12.8 Å². The molecule has 0 atom stereocenters. The summed E-state index contributed by atoms with van der Waals surface area (Å²) in [6.07, 6.45) is 1.65. The molecule has 3 nitrogen and oxygen atoms in total. The van der Waals surface area contributed by atoms with Crippen LogP contribution in [-0.4, -0.2) is 18.1 Å². The van der Waals surface area contributed by atoms with Crippen molar-refractivity contribution >= 4 is 11.6 Å². The number of nitrogens with one attached hydrogen (secondary N) is 2. The molecule has 0 unspecified atom stereocenters. The topological polar surface area (TPSA) is 37.0 Å². The monoisotopic (exact) mass is 275 g/mol. The summed E-state index contributed by atoms with van der Waals surface area (Å²) in [4.78, 5) is 3.94. The van der Waals surface area contributed by atoms with Crippen molar-refractivity contribution in [3.8, 4) is 0 Å². The minimum absolute atomic E-state index is 0.0458. The van der Waals surface area contributed by atoms with Crippen LogP contribution in [0.5, 0.6) is 0 Å². The van der Waals surface area contributed by atoms with Crippen LogP contribution < -0.4 is 10.6 Å². The Bertz CT molecular complexity index is 618. The van der Waals surface area contributed by atoms with E-state index in [1.807, 2.05) is 12.1 Å². The first-order valence-corrected chi connectivity index (χ1v) is 6.54. The molecule has 5 heteroatoms.